The molecule has 1 amide bonds. The number of aryl methyl sites for hydroxylation is 2. The zero-order valence-corrected chi connectivity index (χ0v) is 9.91. The lowest BCUT2D eigenvalue weighted by Crippen LogP contribution is -2.52. The van der Waals surface area contributed by atoms with Gasteiger partial charge in [0.05, 0.1) is 5.69 Å². The van der Waals surface area contributed by atoms with Crippen LogP contribution in [0.5, 0.6) is 0 Å². The molecule has 2 heterocycles. The Labute approximate surface area is 94.8 Å². The minimum atomic E-state index is 0.0326. The van der Waals surface area contributed by atoms with Crippen molar-refractivity contribution in [2.24, 2.45) is 0 Å². The van der Waals surface area contributed by atoms with Crippen molar-refractivity contribution in [3.8, 4) is 0 Å². The van der Waals surface area contributed by atoms with Crippen LogP contribution in [0.2, 0.25) is 0 Å². The van der Waals surface area contributed by atoms with Crippen LogP contribution >= 0.6 is 0 Å². The zero-order chi connectivity index (χ0) is 11.7. The van der Waals surface area contributed by atoms with Gasteiger partial charge in [0, 0.05) is 25.7 Å². The van der Waals surface area contributed by atoms with Gasteiger partial charge in [0.1, 0.15) is 11.3 Å². The maximum absolute atomic E-state index is 12.3. The molecule has 1 aromatic rings. The Kier molecular flexibility index (Phi) is 2.96. The molecule has 0 bridgehead atoms. The number of rotatable bonds is 1. The van der Waals surface area contributed by atoms with Crippen LogP contribution in [0.3, 0.4) is 0 Å². The predicted octanol–water partition coefficient (Wildman–Crippen LogP) is 0.725. The Morgan fingerprint density at radius 2 is 2.31 bits per heavy atom. The smallest absolute Gasteiger partial charge is 0.259 e. The van der Waals surface area contributed by atoms with E-state index in [2.05, 4.69) is 10.5 Å². The number of nitrogens with one attached hydrogen (secondary N) is 1. The molecular weight excluding hydrogens is 206 g/mol. The van der Waals surface area contributed by atoms with E-state index in [1.54, 1.807) is 13.8 Å². The summed E-state index contributed by atoms with van der Waals surface area (Å²) in [5.41, 5.74) is 1.29. The van der Waals surface area contributed by atoms with Crippen LogP contribution in [0.1, 0.15) is 28.7 Å². The first-order valence-electron chi connectivity index (χ1n) is 5.56. The lowest BCUT2D eigenvalue weighted by molar-refractivity contribution is 0.0653. The highest BCUT2D eigenvalue weighted by atomic mass is 16.5. The second kappa shape index (κ2) is 4.25. The highest BCUT2D eigenvalue weighted by molar-refractivity contribution is 5.96. The van der Waals surface area contributed by atoms with Gasteiger partial charge >= 0.3 is 0 Å². The van der Waals surface area contributed by atoms with Gasteiger partial charge in [0.25, 0.3) is 5.91 Å². The Balaban J connectivity index is 2.24. The van der Waals surface area contributed by atoms with Gasteiger partial charge in [-0.2, -0.15) is 0 Å². The molecule has 0 unspecified atom stereocenters. The minimum absolute atomic E-state index is 0.0326. The van der Waals surface area contributed by atoms with Crippen molar-refractivity contribution in [2.45, 2.75) is 26.8 Å². The van der Waals surface area contributed by atoms with E-state index in [-0.39, 0.29) is 11.9 Å². The fourth-order valence-electron chi connectivity index (χ4n) is 2.07. The third kappa shape index (κ3) is 1.82. The van der Waals surface area contributed by atoms with Gasteiger partial charge in [-0.15, -0.1) is 0 Å². The van der Waals surface area contributed by atoms with Crippen LogP contribution in [-0.4, -0.2) is 41.6 Å². The number of aromatic nitrogens is 1. The third-order valence-electron chi connectivity index (χ3n) is 3.01. The molecule has 16 heavy (non-hydrogen) atoms. The molecule has 1 N–H and O–H groups in total. The largest absolute Gasteiger partial charge is 0.361 e. The van der Waals surface area contributed by atoms with Crippen molar-refractivity contribution in [2.75, 3.05) is 19.6 Å². The Bertz CT molecular complexity index is 380. The molecule has 5 heteroatoms. The molecule has 0 saturated carbocycles. The lowest BCUT2D eigenvalue weighted by atomic mass is 10.1. The van der Waals surface area contributed by atoms with Gasteiger partial charge in [-0.05, 0) is 20.8 Å². The first kappa shape index (κ1) is 11.1. The summed E-state index contributed by atoms with van der Waals surface area (Å²) in [6, 6.07) is 0.218. The summed E-state index contributed by atoms with van der Waals surface area (Å²) in [6.45, 7) is 8.05. The first-order chi connectivity index (χ1) is 7.61. The molecule has 0 aliphatic carbocycles. The summed E-state index contributed by atoms with van der Waals surface area (Å²) in [4.78, 5) is 14.2. The quantitative estimate of drug-likeness (QED) is 0.762. The van der Waals surface area contributed by atoms with Crippen molar-refractivity contribution in [1.82, 2.24) is 15.4 Å². The summed E-state index contributed by atoms with van der Waals surface area (Å²) in [5.74, 6) is 0.637. The number of amides is 1. The summed E-state index contributed by atoms with van der Waals surface area (Å²) < 4.78 is 5.03. The second-order valence-electron chi connectivity index (χ2n) is 4.25. The van der Waals surface area contributed by atoms with Gasteiger partial charge in [-0.25, -0.2) is 0 Å². The molecule has 0 radical (unpaired) electrons. The van der Waals surface area contributed by atoms with Gasteiger partial charge in [-0.3, -0.25) is 4.79 Å². The summed E-state index contributed by atoms with van der Waals surface area (Å²) in [6.07, 6.45) is 0. The molecule has 0 aromatic carbocycles. The van der Waals surface area contributed by atoms with Gasteiger partial charge in [0.15, 0.2) is 0 Å². The standard InChI is InChI=1S/C11H17N3O2/c1-7-6-12-4-5-14(7)11(15)10-8(2)13-16-9(10)3/h7,12H,4-6H2,1-3H3/t7-/m1/s1. The number of piperazine rings is 1. The van der Waals surface area contributed by atoms with Crippen LogP contribution in [-0.2, 0) is 0 Å². The summed E-state index contributed by atoms with van der Waals surface area (Å²) in [7, 11) is 0. The molecule has 1 saturated heterocycles. The van der Waals surface area contributed by atoms with Crippen molar-refractivity contribution in [3.05, 3.63) is 17.0 Å². The van der Waals surface area contributed by atoms with Gasteiger partial charge in [-0.1, -0.05) is 5.16 Å². The molecule has 0 spiro atoms. The van der Waals surface area contributed by atoms with Crippen LogP contribution in [0.15, 0.2) is 4.52 Å². The fraction of sp³-hybridized carbons (Fsp3) is 0.636. The Hall–Kier alpha value is -1.36. The third-order valence-corrected chi connectivity index (χ3v) is 3.01. The lowest BCUT2D eigenvalue weighted by Gasteiger charge is -2.33. The monoisotopic (exact) mass is 223 g/mol. The van der Waals surface area contributed by atoms with E-state index in [0.717, 1.165) is 19.6 Å². The molecule has 1 aromatic heterocycles. The van der Waals surface area contributed by atoms with Gasteiger partial charge in [0.2, 0.25) is 0 Å². The van der Waals surface area contributed by atoms with Crippen molar-refractivity contribution in [3.63, 3.8) is 0 Å². The average molecular weight is 223 g/mol. The minimum Gasteiger partial charge on any atom is -0.361 e. The van der Waals surface area contributed by atoms with E-state index in [9.17, 15) is 4.79 Å². The predicted molar refractivity (Wildman–Crippen MR) is 59.3 cm³/mol. The van der Waals surface area contributed by atoms with E-state index in [1.165, 1.54) is 0 Å². The Morgan fingerprint density at radius 3 is 2.88 bits per heavy atom. The molecule has 88 valence electrons. The maximum atomic E-state index is 12.3. The average Bonchev–Trinajstić information content (AvgIpc) is 2.58. The van der Waals surface area contributed by atoms with E-state index in [4.69, 9.17) is 4.52 Å². The topological polar surface area (TPSA) is 58.4 Å². The van der Waals surface area contributed by atoms with Crippen LogP contribution in [0.25, 0.3) is 0 Å². The maximum Gasteiger partial charge on any atom is 0.259 e. The Morgan fingerprint density at radius 1 is 1.56 bits per heavy atom. The number of nitrogens with zero attached hydrogens (tertiary/aromatic N) is 2. The highest BCUT2D eigenvalue weighted by Crippen LogP contribution is 2.17. The molecule has 2 rings (SSSR count). The molecule has 1 atom stereocenters. The number of hydrogen-bond donors (Lipinski definition) is 1. The van der Waals surface area contributed by atoms with Gasteiger partial charge < -0.3 is 14.7 Å². The SMILES string of the molecule is Cc1noc(C)c1C(=O)N1CCNC[C@H]1C. The van der Waals surface area contributed by atoms with Crippen molar-refractivity contribution >= 4 is 5.91 Å². The summed E-state index contributed by atoms with van der Waals surface area (Å²) >= 11 is 0. The number of carbonyl (C=O) groups is 1. The van der Waals surface area contributed by atoms with Crippen molar-refractivity contribution in [1.29, 1.82) is 0 Å². The van der Waals surface area contributed by atoms with E-state index in [1.807, 2.05) is 11.8 Å². The fourth-order valence-corrected chi connectivity index (χ4v) is 2.07. The summed E-state index contributed by atoms with van der Waals surface area (Å²) in [5, 5.41) is 7.08. The molecule has 1 fully saturated rings. The van der Waals surface area contributed by atoms with Crippen LogP contribution in [0, 0.1) is 13.8 Å². The van der Waals surface area contributed by atoms with E-state index in [0.29, 0.717) is 17.0 Å². The van der Waals surface area contributed by atoms with E-state index >= 15 is 0 Å². The van der Waals surface area contributed by atoms with E-state index < -0.39 is 0 Å². The highest BCUT2D eigenvalue weighted by Gasteiger charge is 2.28. The molecular formula is C11H17N3O2. The van der Waals surface area contributed by atoms with Crippen molar-refractivity contribution < 1.29 is 9.32 Å². The first-order valence-corrected chi connectivity index (χ1v) is 5.56. The normalized spacial score (nSPS) is 21.2. The van der Waals surface area contributed by atoms with Crippen LogP contribution < -0.4 is 5.32 Å². The molecule has 1 aliphatic rings. The number of hydrogen-bond acceptors (Lipinski definition) is 4. The zero-order valence-electron chi connectivity index (χ0n) is 9.91. The van der Waals surface area contributed by atoms with Crippen LogP contribution in [0.4, 0.5) is 0 Å². The number of carbonyl (C=O) groups excluding carboxylic acids is 1. The molecule has 1 aliphatic heterocycles. The second-order valence-corrected chi connectivity index (χ2v) is 4.25. The molecule has 5 nitrogen and oxygen atoms in total.